The Balaban J connectivity index is 2.06. The van der Waals surface area contributed by atoms with E-state index in [1.807, 2.05) is 30.3 Å². The molecular weight excluding hydrogens is 382 g/mol. The Morgan fingerprint density at radius 2 is 1.54 bits per heavy atom. The van der Waals surface area contributed by atoms with E-state index in [2.05, 4.69) is 0 Å². The van der Waals surface area contributed by atoms with Crippen LogP contribution in [0, 0.1) is 10.1 Å². The number of carbonyl (C=O) groups excluding carboxylic acids is 1. The number of non-ortho nitro benzene ring substituents is 1. The zero-order valence-electron chi connectivity index (χ0n) is 14.4. The molecule has 0 unspecified atom stereocenters. The first-order valence-electron chi connectivity index (χ1n) is 8.04. The number of hydrazine groups is 1. The van der Waals surface area contributed by atoms with Crippen LogP contribution in [0.15, 0.2) is 77.7 Å². The minimum Gasteiger partial charge on any atom is -0.289 e. The molecule has 0 spiro atoms. The minimum atomic E-state index is -4.19. The number of hydrogen-bond acceptors (Lipinski definition) is 6. The van der Waals surface area contributed by atoms with Gasteiger partial charge >= 0.3 is 0 Å². The predicted octanol–water partition coefficient (Wildman–Crippen LogP) is 2.64. The smallest absolute Gasteiger partial charge is 0.270 e. The molecule has 0 heterocycles. The van der Waals surface area contributed by atoms with Crippen LogP contribution in [0.3, 0.4) is 0 Å². The summed E-state index contributed by atoms with van der Waals surface area (Å²) in [6.07, 6.45) is 0. The topological polar surface area (TPSA) is 132 Å². The first-order valence-corrected chi connectivity index (χ1v) is 9.53. The van der Waals surface area contributed by atoms with Gasteiger partial charge in [0.25, 0.3) is 15.7 Å². The summed E-state index contributed by atoms with van der Waals surface area (Å²) in [6.45, 7) is 0. The van der Waals surface area contributed by atoms with Crippen LogP contribution in [-0.4, -0.2) is 19.1 Å². The molecule has 3 aromatic rings. The maximum Gasteiger partial charge on any atom is 0.270 e. The van der Waals surface area contributed by atoms with E-state index in [9.17, 15) is 23.3 Å². The van der Waals surface area contributed by atoms with Gasteiger partial charge in [-0.05, 0) is 17.2 Å². The van der Waals surface area contributed by atoms with Crippen LogP contribution in [0.5, 0.6) is 0 Å². The molecule has 0 aromatic heterocycles. The highest BCUT2D eigenvalue weighted by Crippen LogP contribution is 2.26. The SMILES string of the molecule is NNS(=O)(=O)c1ccc([N+](=O)[O-])cc1C(=O)c1ccc(-c2ccccc2)cc1. The molecule has 142 valence electrons. The molecular formula is C19H15N3O5S. The average Bonchev–Trinajstić information content (AvgIpc) is 2.73. The van der Waals surface area contributed by atoms with Crippen molar-refractivity contribution in [1.29, 1.82) is 0 Å². The Morgan fingerprint density at radius 1 is 0.929 bits per heavy atom. The third-order valence-corrected chi connectivity index (χ3v) is 5.36. The number of hydrogen-bond donors (Lipinski definition) is 2. The molecule has 28 heavy (non-hydrogen) atoms. The Bertz CT molecular complexity index is 1140. The number of ketones is 1. The molecule has 8 nitrogen and oxygen atoms in total. The van der Waals surface area contributed by atoms with Crippen molar-refractivity contribution in [2.75, 3.05) is 0 Å². The van der Waals surface area contributed by atoms with Crippen molar-refractivity contribution in [1.82, 2.24) is 4.83 Å². The fourth-order valence-electron chi connectivity index (χ4n) is 2.71. The molecule has 3 rings (SSSR count). The van der Waals surface area contributed by atoms with E-state index >= 15 is 0 Å². The minimum absolute atomic E-state index is 0.189. The average molecular weight is 397 g/mol. The van der Waals surface area contributed by atoms with Gasteiger partial charge in [-0.15, -0.1) is 0 Å². The van der Waals surface area contributed by atoms with Crippen LogP contribution in [0.4, 0.5) is 5.69 Å². The lowest BCUT2D eigenvalue weighted by atomic mass is 9.99. The number of benzene rings is 3. The largest absolute Gasteiger partial charge is 0.289 e. The molecule has 0 aliphatic heterocycles. The predicted molar refractivity (Wildman–Crippen MR) is 103 cm³/mol. The molecule has 3 aromatic carbocycles. The van der Waals surface area contributed by atoms with Gasteiger partial charge in [-0.2, -0.15) is 4.83 Å². The molecule has 0 aliphatic carbocycles. The summed E-state index contributed by atoms with van der Waals surface area (Å²) < 4.78 is 24.2. The lowest BCUT2D eigenvalue weighted by Crippen LogP contribution is -2.31. The van der Waals surface area contributed by atoms with E-state index in [1.165, 1.54) is 12.1 Å². The highest BCUT2D eigenvalue weighted by molar-refractivity contribution is 7.89. The van der Waals surface area contributed by atoms with Crippen LogP contribution < -0.4 is 10.7 Å². The molecule has 0 amide bonds. The van der Waals surface area contributed by atoms with Crippen molar-refractivity contribution in [3.8, 4) is 11.1 Å². The number of sulfonamides is 1. The van der Waals surface area contributed by atoms with Crippen molar-refractivity contribution < 1.29 is 18.1 Å². The third kappa shape index (κ3) is 3.81. The third-order valence-electron chi connectivity index (χ3n) is 4.12. The lowest BCUT2D eigenvalue weighted by Gasteiger charge is -2.09. The summed E-state index contributed by atoms with van der Waals surface area (Å²) in [5.41, 5.74) is 1.27. The van der Waals surface area contributed by atoms with Gasteiger partial charge in [0.15, 0.2) is 5.78 Å². The second kappa shape index (κ2) is 7.69. The van der Waals surface area contributed by atoms with Gasteiger partial charge in [0.2, 0.25) is 0 Å². The number of carbonyl (C=O) groups is 1. The fraction of sp³-hybridized carbons (Fsp3) is 0. The monoisotopic (exact) mass is 397 g/mol. The van der Waals surface area contributed by atoms with Crippen LogP contribution in [0.1, 0.15) is 15.9 Å². The first-order chi connectivity index (χ1) is 13.3. The van der Waals surface area contributed by atoms with Crippen molar-refractivity contribution in [3.63, 3.8) is 0 Å². The van der Waals surface area contributed by atoms with Gasteiger partial charge in [-0.3, -0.25) is 20.8 Å². The molecule has 0 bridgehead atoms. The van der Waals surface area contributed by atoms with Gasteiger partial charge < -0.3 is 0 Å². The second-order valence-corrected chi connectivity index (χ2v) is 7.51. The maximum absolute atomic E-state index is 12.9. The number of nitro groups is 1. The lowest BCUT2D eigenvalue weighted by molar-refractivity contribution is -0.384. The Morgan fingerprint density at radius 3 is 2.11 bits per heavy atom. The van der Waals surface area contributed by atoms with Crippen molar-refractivity contribution in [3.05, 3.63) is 94.0 Å². The van der Waals surface area contributed by atoms with Crippen LogP contribution in [0.25, 0.3) is 11.1 Å². The van der Waals surface area contributed by atoms with Crippen LogP contribution in [-0.2, 0) is 10.0 Å². The number of nitrogens with zero attached hydrogens (tertiary/aromatic N) is 1. The van der Waals surface area contributed by atoms with E-state index in [-0.39, 0.29) is 11.1 Å². The van der Waals surface area contributed by atoms with Crippen molar-refractivity contribution in [2.45, 2.75) is 4.90 Å². The van der Waals surface area contributed by atoms with Gasteiger partial charge in [0, 0.05) is 23.3 Å². The molecule has 0 aliphatic rings. The summed E-state index contributed by atoms with van der Waals surface area (Å²) in [4.78, 5) is 24.4. The molecule has 0 atom stereocenters. The Kier molecular flexibility index (Phi) is 5.32. The zero-order chi connectivity index (χ0) is 20.3. The summed E-state index contributed by atoms with van der Waals surface area (Å²) in [5, 5.41) is 11.0. The standard InChI is InChI=1S/C19H15N3O5S/c20-21-28(26,27)18-11-10-16(22(24)25)12-17(18)19(23)15-8-6-14(7-9-15)13-4-2-1-3-5-13/h1-12,21H,20H2. The summed E-state index contributed by atoms with van der Waals surface area (Å²) in [5.74, 6) is 4.38. The summed E-state index contributed by atoms with van der Waals surface area (Å²) >= 11 is 0. The maximum atomic E-state index is 12.9. The zero-order valence-corrected chi connectivity index (χ0v) is 15.2. The fourth-order valence-corrected chi connectivity index (χ4v) is 3.52. The van der Waals surface area contributed by atoms with E-state index in [0.29, 0.717) is 0 Å². The van der Waals surface area contributed by atoms with Crippen LogP contribution >= 0.6 is 0 Å². The highest BCUT2D eigenvalue weighted by atomic mass is 32.2. The molecule has 0 fully saturated rings. The molecule has 0 radical (unpaired) electrons. The van der Waals surface area contributed by atoms with Gasteiger partial charge in [0.05, 0.1) is 9.82 Å². The Hall–Kier alpha value is -3.40. The molecule has 9 heteroatoms. The Labute approximate surface area is 160 Å². The van der Waals surface area contributed by atoms with E-state index < -0.39 is 31.3 Å². The van der Waals surface area contributed by atoms with Crippen LogP contribution in [0.2, 0.25) is 0 Å². The number of nitrogens with one attached hydrogen (secondary N) is 1. The summed E-state index contributed by atoms with van der Waals surface area (Å²) in [6, 6.07) is 18.9. The highest BCUT2D eigenvalue weighted by Gasteiger charge is 2.25. The quantitative estimate of drug-likeness (QED) is 0.284. The van der Waals surface area contributed by atoms with Gasteiger partial charge in [-0.25, -0.2) is 8.42 Å². The summed E-state index contributed by atoms with van der Waals surface area (Å²) in [7, 11) is -4.19. The van der Waals surface area contributed by atoms with E-state index in [0.717, 1.165) is 29.3 Å². The number of nitrogens with two attached hydrogens (primary N) is 1. The normalized spacial score (nSPS) is 11.2. The first kappa shape index (κ1) is 19.4. The molecule has 0 saturated carbocycles. The number of rotatable bonds is 6. The van der Waals surface area contributed by atoms with Gasteiger partial charge in [-0.1, -0.05) is 54.6 Å². The van der Waals surface area contributed by atoms with Crippen molar-refractivity contribution in [2.24, 2.45) is 5.84 Å². The molecule has 3 N–H and O–H groups in total. The van der Waals surface area contributed by atoms with E-state index in [1.54, 1.807) is 17.0 Å². The van der Waals surface area contributed by atoms with E-state index in [4.69, 9.17) is 5.84 Å². The molecule has 0 saturated heterocycles. The number of nitro benzene ring substituents is 1. The second-order valence-electron chi connectivity index (χ2n) is 5.83. The van der Waals surface area contributed by atoms with Gasteiger partial charge in [0.1, 0.15) is 0 Å². The van der Waals surface area contributed by atoms with Crippen molar-refractivity contribution >= 4 is 21.5 Å².